The standard InChI is InChI=1S/C11H17NO/c1-5-7-8-9(6-2)12-10(13)11(8,3)4/h5-7,10,12-13H,1H2,2-4H3/b8-7+,9-6+. The quantitative estimate of drug-likeness (QED) is 0.645. The van der Waals surface area contributed by atoms with Gasteiger partial charge in [0.15, 0.2) is 0 Å². The van der Waals surface area contributed by atoms with E-state index in [0.29, 0.717) is 0 Å². The average Bonchev–Trinajstić information content (AvgIpc) is 2.29. The number of allylic oxidation sites excluding steroid dienone is 4. The highest BCUT2D eigenvalue weighted by Crippen LogP contribution is 2.39. The Morgan fingerprint density at radius 1 is 1.54 bits per heavy atom. The molecule has 1 fully saturated rings. The van der Waals surface area contributed by atoms with Gasteiger partial charge in [-0.15, -0.1) is 0 Å². The third kappa shape index (κ3) is 1.54. The van der Waals surface area contributed by atoms with E-state index in [2.05, 4.69) is 11.9 Å². The normalized spacial score (nSPS) is 32.2. The Labute approximate surface area is 79.7 Å². The second kappa shape index (κ2) is 3.38. The zero-order chi connectivity index (χ0) is 10.1. The molecule has 0 bridgehead atoms. The Balaban J connectivity index is 3.14. The van der Waals surface area contributed by atoms with Crippen molar-refractivity contribution in [3.05, 3.63) is 36.1 Å². The van der Waals surface area contributed by atoms with Gasteiger partial charge in [-0.2, -0.15) is 0 Å². The lowest BCUT2D eigenvalue weighted by atomic mass is 9.84. The summed E-state index contributed by atoms with van der Waals surface area (Å²) in [4.78, 5) is 0. The summed E-state index contributed by atoms with van der Waals surface area (Å²) < 4.78 is 0. The summed E-state index contributed by atoms with van der Waals surface area (Å²) in [6.07, 6.45) is 5.15. The second-order valence-corrected chi connectivity index (χ2v) is 3.79. The van der Waals surface area contributed by atoms with Gasteiger partial charge < -0.3 is 10.4 Å². The average molecular weight is 179 g/mol. The van der Waals surface area contributed by atoms with E-state index in [1.165, 1.54) is 0 Å². The number of aliphatic hydroxyl groups is 1. The highest BCUT2D eigenvalue weighted by molar-refractivity contribution is 5.42. The van der Waals surface area contributed by atoms with Gasteiger partial charge in [0.05, 0.1) is 0 Å². The van der Waals surface area contributed by atoms with Crippen LogP contribution in [-0.4, -0.2) is 11.3 Å². The smallest absolute Gasteiger partial charge is 0.133 e. The number of hydrogen-bond acceptors (Lipinski definition) is 2. The zero-order valence-corrected chi connectivity index (χ0v) is 8.46. The molecule has 0 spiro atoms. The third-order valence-corrected chi connectivity index (χ3v) is 2.53. The van der Waals surface area contributed by atoms with Crippen molar-refractivity contribution in [2.75, 3.05) is 0 Å². The van der Waals surface area contributed by atoms with Crippen LogP contribution in [0.15, 0.2) is 36.1 Å². The summed E-state index contributed by atoms with van der Waals surface area (Å²) in [6, 6.07) is 0. The maximum Gasteiger partial charge on any atom is 0.133 e. The van der Waals surface area contributed by atoms with Gasteiger partial charge in [-0.3, -0.25) is 0 Å². The van der Waals surface area contributed by atoms with Gasteiger partial charge in [-0.05, 0) is 12.5 Å². The molecular weight excluding hydrogens is 162 g/mol. The molecule has 1 unspecified atom stereocenters. The summed E-state index contributed by atoms with van der Waals surface area (Å²) in [7, 11) is 0. The molecule has 0 aromatic heterocycles. The van der Waals surface area contributed by atoms with Crippen LogP contribution in [0.5, 0.6) is 0 Å². The SMILES string of the molecule is C=C/C=C1\C(=C/C)NC(O)C1(C)C. The molecule has 1 aliphatic rings. The predicted molar refractivity (Wildman–Crippen MR) is 55.0 cm³/mol. The molecule has 1 aliphatic heterocycles. The third-order valence-electron chi connectivity index (χ3n) is 2.53. The van der Waals surface area contributed by atoms with Gasteiger partial charge in [-0.1, -0.05) is 38.7 Å². The molecule has 2 nitrogen and oxygen atoms in total. The highest BCUT2D eigenvalue weighted by Gasteiger charge is 2.39. The van der Waals surface area contributed by atoms with Crippen LogP contribution in [0.1, 0.15) is 20.8 Å². The molecule has 1 atom stereocenters. The topological polar surface area (TPSA) is 32.3 Å². The Hall–Kier alpha value is -1.02. The van der Waals surface area contributed by atoms with Crippen LogP contribution in [0.2, 0.25) is 0 Å². The molecule has 0 amide bonds. The zero-order valence-electron chi connectivity index (χ0n) is 8.46. The molecular formula is C11H17NO. The fourth-order valence-corrected chi connectivity index (χ4v) is 1.56. The highest BCUT2D eigenvalue weighted by atomic mass is 16.3. The molecule has 0 aromatic carbocycles. The summed E-state index contributed by atoms with van der Waals surface area (Å²) in [6.45, 7) is 9.64. The van der Waals surface area contributed by atoms with Crippen LogP contribution >= 0.6 is 0 Å². The summed E-state index contributed by atoms with van der Waals surface area (Å²) in [5.74, 6) is 0. The maximum atomic E-state index is 9.73. The van der Waals surface area contributed by atoms with Crippen molar-refractivity contribution in [1.29, 1.82) is 0 Å². The van der Waals surface area contributed by atoms with Crippen LogP contribution < -0.4 is 5.32 Å². The number of aliphatic hydroxyl groups excluding tert-OH is 1. The predicted octanol–water partition coefficient (Wildman–Crippen LogP) is 1.95. The maximum absolute atomic E-state index is 9.73. The van der Waals surface area contributed by atoms with Crippen molar-refractivity contribution < 1.29 is 5.11 Å². The van der Waals surface area contributed by atoms with Crippen molar-refractivity contribution in [3.63, 3.8) is 0 Å². The molecule has 0 aromatic rings. The molecule has 0 radical (unpaired) electrons. The van der Waals surface area contributed by atoms with Gasteiger partial charge in [0.2, 0.25) is 0 Å². The van der Waals surface area contributed by atoms with Crippen molar-refractivity contribution in [3.8, 4) is 0 Å². The van der Waals surface area contributed by atoms with Gasteiger partial charge in [-0.25, -0.2) is 0 Å². The van der Waals surface area contributed by atoms with Crippen molar-refractivity contribution in [1.82, 2.24) is 5.32 Å². The second-order valence-electron chi connectivity index (χ2n) is 3.79. The Bertz CT molecular complexity index is 274. The Kier molecular flexibility index (Phi) is 2.62. The fourth-order valence-electron chi connectivity index (χ4n) is 1.56. The lowest BCUT2D eigenvalue weighted by Gasteiger charge is -2.22. The van der Waals surface area contributed by atoms with E-state index >= 15 is 0 Å². The molecule has 72 valence electrons. The molecule has 13 heavy (non-hydrogen) atoms. The molecule has 0 saturated carbocycles. The van der Waals surface area contributed by atoms with Crippen LogP contribution in [0.3, 0.4) is 0 Å². The van der Waals surface area contributed by atoms with Crippen LogP contribution in [0.4, 0.5) is 0 Å². The summed E-state index contributed by atoms with van der Waals surface area (Å²) >= 11 is 0. The summed E-state index contributed by atoms with van der Waals surface area (Å²) in [5, 5.41) is 12.8. The van der Waals surface area contributed by atoms with E-state index in [1.807, 2.05) is 32.9 Å². The van der Waals surface area contributed by atoms with Gasteiger partial charge in [0, 0.05) is 11.1 Å². The largest absolute Gasteiger partial charge is 0.373 e. The van der Waals surface area contributed by atoms with Crippen molar-refractivity contribution in [2.45, 2.75) is 27.0 Å². The lowest BCUT2D eigenvalue weighted by molar-refractivity contribution is 0.0781. The first-order chi connectivity index (χ1) is 6.04. The van der Waals surface area contributed by atoms with Crippen LogP contribution in [0, 0.1) is 5.41 Å². The van der Waals surface area contributed by atoms with Crippen molar-refractivity contribution >= 4 is 0 Å². The van der Waals surface area contributed by atoms with E-state index < -0.39 is 6.23 Å². The van der Waals surface area contributed by atoms with E-state index in [9.17, 15) is 5.11 Å². The molecule has 1 saturated heterocycles. The molecule has 1 rings (SSSR count). The van der Waals surface area contributed by atoms with E-state index in [-0.39, 0.29) is 5.41 Å². The first kappa shape index (κ1) is 10.1. The molecule has 0 aliphatic carbocycles. The van der Waals surface area contributed by atoms with E-state index in [0.717, 1.165) is 11.3 Å². The molecule has 1 heterocycles. The van der Waals surface area contributed by atoms with Gasteiger partial charge in [0.25, 0.3) is 0 Å². The minimum atomic E-state index is -0.509. The minimum Gasteiger partial charge on any atom is -0.373 e. The van der Waals surface area contributed by atoms with Crippen LogP contribution in [0.25, 0.3) is 0 Å². The van der Waals surface area contributed by atoms with E-state index in [1.54, 1.807) is 6.08 Å². The summed E-state index contributed by atoms with van der Waals surface area (Å²) in [5.41, 5.74) is 1.87. The molecule has 2 heteroatoms. The van der Waals surface area contributed by atoms with Gasteiger partial charge in [0.1, 0.15) is 6.23 Å². The Morgan fingerprint density at radius 2 is 2.15 bits per heavy atom. The van der Waals surface area contributed by atoms with Gasteiger partial charge >= 0.3 is 0 Å². The Morgan fingerprint density at radius 3 is 2.62 bits per heavy atom. The van der Waals surface area contributed by atoms with E-state index in [4.69, 9.17) is 0 Å². The first-order valence-corrected chi connectivity index (χ1v) is 4.48. The number of nitrogens with one attached hydrogen (secondary N) is 1. The monoisotopic (exact) mass is 179 g/mol. The number of rotatable bonds is 1. The lowest BCUT2D eigenvalue weighted by Crippen LogP contribution is -2.31. The fraction of sp³-hybridized carbons (Fsp3) is 0.455. The van der Waals surface area contributed by atoms with Crippen LogP contribution in [-0.2, 0) is 0 Å². The first-order valence-electron chi connectivity index (χ1n) is 4.48. The molecule has 2 N–H and O–H groups in total. The number of hydrogen-bond donors (Lipinski definition) is 2. The van der Waals surface area contributed by atoms with Crippen molar-refractivity contribution in [2.24, 2.45) is 5.41 Å². The minimum absolute atomic E-state index is 0.240.